The maximum absolute atomic E-state index is 14.4. The first-order valence-electron chi connectivity index (χ1n) is 13.9. The molecule has 208 valence electrons. The molecule has 1 N–H and O–H groups in total. The summed E-state index contributed by atoms with van der Waals surface area (Å²) >= 11 is 0. The molecular formula is C29H47N3O5. The van der Waals surface area contributed by atoms with Gasteiger partial charge in [-0.25, -0.2) is 0 Å². The predicted octanol–water partition coefficient (Wildman–Crippen LogP) is 3.01. The lowest BCUT2D eigenvalue weighted by atomic mass is 9.66. The second-order valence-electron chi connectivity index (χ2n) is 11.9. The highest BCUT2D eigenvalue weighted by molar-refractivity contribution is 5.99. The van der Waals surface area contributed by atoms with Crippen molar-refractivity contribution in [1.29, 1.82) is 0 Å². The molecule has 3 rings (SSSR count). The minimum absolute atomic E-state index is 0.116. The van der Waals surface area contributed by atoms with Crippen molar-refractivity contribution >= 4 is 17.7 Å². The molecule has 0 saturated carbocycles. The molecular weight excluding hydrogens is 470 g/mol. The first-order chi connectivity index (χ1) is 17.4. The average molecular weight is 518 g/mol. The second kappa shape index (κ2) is 11.3. The van der Waals surface area contributed by atoms with Crippen molar-refractivity contribution in [1.82, 2.24) is 14.7 Å². The van der Waals surface area contributed by atoms with Gasteiger partial charge in [-0.1, -0.05) is 32.9 Å². The van der Waals surface area contributed by atoms with Crippen LogP contribution in [0, 0.1) is 17.8 Å². The number of rotatable bonds is 13. The van der Waals surface area contributed by atoms with E-state index in [4.69, 9.17) is 4.74 Å². The first kappa shape index (κ1) is 29.4. The van der Waals surface area contributed by atoms with Crippen molar-refractivity contribution in [2.24, 2.45) is 17.8 Å². The Kier molecular flexibility index (Phi) is 8.95. The van der Waals surface area contributed by atoms with E-state index in [0.717, 1.165) is 6.42 Å². The van der Waals surface area contributed by atoms with Crippen molar-refractivity contribution in [3.05, 3.63) is 25.3 Å². The number of nitrogens with zero attached hydrogens (tertiary/aromatic N) is 3. The van der Waals surface area contributed by atoms with Crippen LogP contribution in [0.2, 0.25) is 0 Å². The molecule has 6 atom stereocenters. The summed E-state index contributed by atoms with van der Waals surface area (Å²) < 4.78 is 6.76. The summed E-state index contributed by atoms with van der Waals surface area (Å²) in [6.45, 7) is 20.6. The summed E-state index contributed by atoms with van der Waals surface area (Å²) in [7, 11) is 0. The zero-order valence-electron chi connectivity index (χ0n) is 23.6. The Morgan fingerprint density at radius 3 is 2.32 bits per heavy atom. The highest BCUT2D eigenvalue weighted by Crippen LogP contribution is 2.64. The lowest BCUT2D eigenvalue weighted by Crippen LogP contribution is -2.60. The molecule has 0 aromatic rings. The van der Waals surface area contributed by atoms with Crippen LogP contribution in [0.3, 0.4) is 0 Å². The zero-order chi connectivity index (χ0) is 27.7. The average Bonchev–Trinajstić information content (AvgIpc) is 3.40. The van der Waals surface area contributed by atoms with E-state index in [-0.39, 0.29) is 36.3 Å². The Labute approximate surface area is 222 Å². The van der Waals surface area contributed by atoms with Crippen LogP contribution in [0.25, 0.3) is 0 Å². The van der Waals surface area contributed by atoms with Crippen molar-refractivity contribution in [2.75, 3.05) is 26.2 Å². The van der Waals surface area contributed by atoms with Crippen LogP contribution in [-0.2, 0) is 19.1 Å². The molecule has 0 aromatic heterocycles. The van der Waals surface area contributed by atoms with Gasteiger partial charge in [-0.3, -0.25) is 14.4 Å². The van der Waals surface area contributed by atoms with E-state index >= 15 is 0 Å². The first-order valence-corrected chi connectivity index (χ1v) is 13.9. The van der Waals surface area contributed by atoms with Crippen LogP contribution >= 0.6 is 0 Å². The molecule has 3 aliphatic heterocycles. The molecule has 0 radical (unpaired) electrons. The topological polar surface area (TPSA) is 90.4 Å². The Morgan fingerprint density at radius 1 is 1.16 bits per heavy atom. The SMILES string of the molecule is C=CCN(CCC)C(=O)[C@H]1[C@H]2C(=O)N([C@@H](CO)CC(C)C)C(C(=O)N(CC=C)C(C)C)C23CC[C@]1(C)O3. The number of carbonyl (C=O) groups excluding carboxylic acids is 3. The fourth-order valence-electron chi connectivity index (χ4n) is 7.00. The molecule has 2 bridgehead atoms. The Morgan fingerprint density at radius 2 is 1.81 bits per heavy atom. The Balaban J connectivity index is 2.16. The fourth-order valence-corrected chi connectivity index (χ4v) is 7.00. The molecule has 1 spiro atoms. The molecule has 2 unspecified atom stereocenters. The van der Waals surface area contributed by atoms with Crippen molar-refractivity contribution < 1.29 is 24.2 Å². The van der Waals surface area contributed by atoms with Gasteiger partial charge < -0.3 is 24.5 Å². The molecule has 0 aromatic carbocycles. The number of aliphatic hydroxyl groups is 1. The third-order valence-corrected chi connectivity index (χ3v) is 8.45. The number of hydrogen-bond acceptors (Lipinski definition) is 5. The molecule has 3 aliphatic rings. The minimum atomic E-state index is -1.10. The summed E-state index contributed by atoms with van der Waals surface area (Å²) in [4.78, 5) is 47.7. The molecule has 37 heavy (non-hydrogen) atoms. The van der Waals surface area contributed by atoms with Gasteiger partial charge >= 0.3 is 0 Å². The molecule has 8 heteroatoms. The maximum Gasteiger partial charge on any atom is 0.248 e. The van der Waals surface area contributed by atoms with Crippen molar-refractivity contribution in [3.63, 3.8) is 0 Å². The number of aliphatic hydroxyl groups excluding tert-OH is 1. The van der Waals surface area contributed by atoms with E-state index in [9.17, 15) is 19.5 Å². The number of hydrogen-bond donors (Lipinski definition) is 1. The maximum atomic E-state index is 14.4. The van der Waals surface area contributed by atoms with Crippen molar-refractivity contribution in [2.45, 2.75) is 96.6 Å². The standard InChI is InChI=1S/C29H47N3O5/c1-9-14-30(15-10-2)25(34)22-23-26(35)32(21(18-33)17-19(4)5)24(27(36)31(16-11-3)20(6)7)29(23)13-12-28(22,8)37-29/h9,11,19-24,33H,1,3,10,12-18H2,2,4-8H3/t21-,22-,23+,24?,28+,29?/m1/s1. The third kappa shape index (κ3) is 4.87. The van der Waals surface area contributed by atoms with E-state index in [1.54, 1.807) is 26.9 Å². The smallest absolute Gasteiger partial charge is 0.248 e. The predicted molar refractivity (Wildman–Crippen MR) is 144 cm³/mol. The van der Waals surface area contributed by atoms with Gasteiger partial charge in [-0.15, -0.1) is 13.2 Å². The molecule has 3 amide bonds. The van der Waals surface area contributed by atoms with Gasteiger partial charge in [-0.2, -0.15) is 0 Å². The summed E-state index contributed by atoms with van der Waals surface area (Å²) in [6.07, 6.45) is 5.83. The van der Waals surface area contributed by atoms with Crippen LogP contribution in [0.4, 0.5) is 0 Å². The van der Waals surface area contributed by atoms with E-state index in [1.165, 1.54) is 0 Å². The Bertz CT molecular complexity index is 904. The molecule has 3 fully saturated rings. The van der Waals surface area contributed by atoms with Gasteiger partial charge in [0.25, 0.3) is 0 Å². The van der Waals surface area contributed by atoms with E-state index in [0.29, 0.717) is 38.9 Å². The number of carbonyl (C=O) groups is 3. The quantitative estimate of drug-likeness (QED) is 0.379. The number of amides is 3. The van der Waals surface area contributed by atoms with Crippen LogP contribution < -0.4 is 0 Å². The summed E-state index contributed by atoms with van der Waals surface area (Å²) in [5.74, 6) is -1.83. The van der Waals surface area contributed by atoms with E-state index < -0.39 is 35.1 Å². The second-order valence-corrected chi connectivity index (χ2v) is 11.9. The molecule has 0 aliphatic carbocycles. The summed E-state index contributed by atoms with van der Waals surface area (Å²) in [6, 6.07) is -1.55. The number of likely N-dealkylation sites (tertiary alicyclic amines) is 1. The van der Waals surface area contributed by atoms with Gasteiger partial charge in [0.1, 0.15) is 11.6 Å². The van der Waals surface area contributed by atoms with Gasteiger partial charge in [0.05, 0.1) is 30.1 Å². The normalized spacial score (nSPS) is 31.1. The number of fused-ring (bicyclic) bond motifs is 1. The molecule has 8 nitrogen and oxygen atoms in total. The zero-order valence-corrected chi connectivity index (χ0v) is 23.6. The highest BCUT2D eigenvalue weighted by atomic mass is 16.5. The summed E-state index contributed by atoms with van der Waals surface area (Å²) in [5.41, 5.74) is -1.93. The fraction of sp³-hybridized carbons (Fsp3) is 0.759. The highest BCUT2D eigenvalue weighted by Gasteiger charge is 2.78. The van der Waals surface area contributed by atoms with E-state index in [2.05, 4.69) is 13.2 Å². The Hall–Kier alpha value is -2.19. The lowest BCUT2D eigenvalue weighted by Gasteiger charge is -2.40. The van der Waals surface area contributed by atoms with Crippen LogP contribution in [0.1, 0.15) is 67.2 Å². The monoisotopic (exact) mass is 517 g/mol. The lowest BCUT2D eigenvalue weighted by molar-refractivity contribution is -0.157. The largest absolute Gasteiger partial charge is 0.394 e. The van der Waals surface area contributed by atoms with Crippen molar-refractivity contribution in [3.8, 4) is 0 Å². The van der Waals surface area contributed by atoms with Crippen LogP contribution in [0.5, 0.6) is 0 Å². The van der Waals surface area contributed by atoms with Gasteiger partial charge in [-0.05, 0) is 52.4 Å². The van der Waals surface area contributed by atoms with Crippen LogP contribution in [-0.4, -0.2) is 93.1 Å². The van der Waals surface area contributed by atoms with Gasteiger partial charge in [0.2, 0.25) is 17.7 Å². The third-order valence-electron chi connectivity index (χ3n) is 8.45. The van der Waals surface area contributed by atoms with Gasteiger partial charge in [0, 0.05) is 25.7 Å². The van der Waals surface area contributed by atoms with Crippen LogP contribution in [0.15, 0.2) is 25.3 Å². The summed E-state index contributed by atoms with van der Waals surface area (Å²) in [5, 5.41) is 10.4. The molecule has 3 heterocycles. The van der Waals surface area contributed by atoms with Gasteiger partial charge in [0.15, 0.2) is 0 Å². The molecule has 3 saturated heterocycles. The van der Waals surface area contributed by atoms with E-state index in [1.807, 2.05) is 41.5 Å². The minimum Gasteiger partial charge on any atom is -0.394 e. The number of ether oxygens (including phenoxy) is 1.